The van der Waals surface area contributed by atoms with Crippen LogP contribution in [0.1, 0.15) is 38.5 Å². The standard InChI is InChI=1S/C13H19N3O3/c14-7-2-8-16(9-5-6-9)13(19)15-11-4-1-3-10(11)12(17)18/h9-11H,1-6,8H2,(H,15,19)(H,17,18). The van der Waals surface area contributed by atoms with Gasteiger partial charge in [-0.05, 0) is 25.7 Å². The van der Waals surface area contributed by atoms with Gasteiger partial charge in [0, 0.05) is 18.6 Å². The number of carbonyl (C=O) groups excluding carboxylic acids is 1. The highest BCUT2D eigenvalue weighted by molar-refractivity contribution is 5.77. The normalized spacial score (nSPS) is 25.6. The lowest BCUT2D eigenvalue weighted by Gasteiger charge is -2.25. The molecule has 2 N–H and O–H groups in total. The van der Waals surface area contributed by atoms with Gasteiger partial charge in [0.2, 0.25) is 0 Å². The Bertz CT molecular complexity index is 400. The van der Waals surface area contributed by atoms with Gasteiger partial charge in [0.05, 0.1) is 18.4 Å². The number of nitrogens with zero attached hydrogens (tertiary/aromatic N) is 2. The van der Waals surface area contributed by atoms with Crippen LogP contribution in [0.3, 0.4) is 0 Å². The summed E-state index contributed by atoms with van der Waals surface area (Å²) in [6.45, 7) is 0.428. The number of urea groups is 1. The van der Waals surface area contributed by atoms with Gasteiger partial charge in [-0.2, -0.15) is 5.26 Å². The third kappa shape index (κ3) is 3.37. The maximum Gasteiger partial charge on any atom is 0.317 e. The lowest BCUT2D eigenvalue weighted by atomic mass is 10.0. The van der Waals surface area contributed by atoms with E-state index in [9.17, 15) is 9.59 Å². The Hall–Kier alpha value is -1.77. The van der Waals surface area contributed by atoms with Crippen molar-refractivity contribution in [1.82, 2.24) is 10.2 Å². The molecule has 2 amide bonds. The Morgan fingerprint density at radius 2 is 2.05 bits per heavy atom. The van der Waals surface area contributed by atoms with Gasteiger partial charge in [-0.15, -0.1) is 0 Å². The first-order valence-corrected chi connectivity index (χ1v) is 6.80. The summed E-state index contributed by atoms with van der Waals surface area (Å²) >= 11 is 0. The first kappa shape index (κ1) is 13.7. The fourth-order valence-electron chi connectivity index (χ4n) is 2.68. The maximum absolute atomic E-state index is 12.2. The Morgan fingerprint density at radius 3 is 2.63 bits per heavy atom. The lowest BCUT2D eigenvalue weighted by Crippen LogP contribution is -2.48. The predicted octanol–water partition coefficient (Wildman–Crippen LogP) is 1.33. The molecule has 0 aliphatic heterocycles. The van der Waals surface area contributed by atoms with Gasteiger partial charge >= 0.3 is 12.0 Å². The van der Waals surface area contributed by atoms with E-state index in [0.717, 1.165) is 25.7 Å². The largest absolute Gasteiger partial charge is 0.481 e. The van der Waals surface area contributed by atoms with Crippen LogP contribution < -0.4 is 5.32 Å². The molecule has 0 bridgehead atoms. The molecule has 0 heterocycles. The Balaban J connectivity index is 1.91. The summed E-state index contributed by atoms with van der Waals surface area (Å²) in [5, 5.41) is 20.5. The van der Waals surface area contributed by atoms with Crippen LogP contribution in [0.25, 0.3) is 0 Å². The zero-order valence-electron chi connectivity index (χ0n) is 10.8. The Kier molecular flexibility index (Phi) is 4.25. The van der Waals surface area contributed by atoms with Crippen LogP contribution in [-0.4, -0.2) is 40.6 Å². The highest BCUT2D eigenvalue weighted by Crippen LogP contribution is 2.29. The highest BCUT2D eigenvalue weighted by atomic mass is 16.4. The first-order valence-electron chi connectivity index (χ1n) is 6.80. The molecule has 2 aliphatic rings. The molecule has 104 valence electrons. The molecule has 0 aromatic heterocycles. The molecule has 2 unspecified atom stereocenters. The molecule has 6 nitrogen and oxygen atoms in total. The van der Waals surface area contributed by atoms with E-state index in [0.29, 0.717) is 19.4 Å². The molecular formula is C13H19N3O3. The van der Waals surface area contributed by atoms with Crippen LogP contribution in [-0.2, 0) is 4.79 Å². The second-order valence-electron chi connectivity index (χ2n) is 5.26. The van der Waals surface area contributed by atoms with E-state index < -0.39 is 11.9 Å². The van der Waals surface area contributed by atoms with Crippen LogP contribution >= 0.6 is 0 Å². The van der Waals surface area contributed by atoms with Gasteiger partial charge in [0.25, 0.3) is 0 Å². The monoisotopic (exact) mass is 265 g/mol. The molecule has 0 spiro atoms. The predicted molar refractivity (Wildman–Crippen MR) is 67.3 cm³/mol. The van der Waals surface area contributed by atoms with Crippen LogP contribution in [0.15, 0.2) is 0 Å². The summed E-state index contributed by atoms with van der Waals surface area (Å²) < 4.78 is 0. The summed E-state index contributed by atoms with van der Waals surface area (Å²) in [4.78, 5) is 24.9. The van der Waals surface area contributed by atoms with E-state index in [2.05, 4.69) is 5.32 Å². The van der Waals surface area contributed by atoms with Crippen LogP contribution in [0, 0.1) is 17.2 Å². The van der Waals surface area contributed by atoms with Crippen molar-refractivity contribution in [3.8, 4) is 6.07 Å². The third-order valence-electron chi connectivity index (χ3n) is 3.86. The zero-order valence-corrected chi connectivity index (χ0v) is 10.8. The van der Waals surface area contributed by atoms with Crippen LogP contribution in [0.5, 0.6) is 0 Å². The van der Waals surface area contributed by atoms with Gasteiger partial charge in [-0.1, -0.05) is 6.42 Å². The number of hydrogen-bond donors (Lipinski definition) is 2. The minimum atomic E-state index is -0.835. The molecule has 2 fully saturated rings. The molecule has 2 rings (SSSR count). The number of carbonyl (C=O) groups is 2. The Labute approximate surface area is 112 Å². The third-order valence-corrected chi connectivity index (χ3v) is 3.86. The SMILES string of the molecule is N#CCCN(C(=O)NC1CCCC1C(=O)O)C1CC1. The number of nitrogens with one attached hydrogen (secondary N) is 1. The second kappa shape index (κ2) is 5.91. The van der Waals surface area contributed by atoms with Gasteiger partial charge in [0.1, 0.15) is 0 Å². The fraction of sp³-hybridized carbons (Fsp3) is 0.769. The molecule has 2 aliphatic carbocycles. The van der Waals surface area contributed by atoms with Crippen molar-refractivity contribution < 1.29 is 14.7 Å². The average Bonchev–Trinajstić information content (AvgIpc) is 3.09. The molecule has 0 aromatic carbocycles. The number of hydrogen-bond acceptors (Lipinski definition) is 3. The zero-order chi connectivity index (χ0) is 13.8. The van der Waals surface area contributed by atoms with E-state index in [1.807, 2.05) is 6.07 Å². The molecular weight excluding hydrogens is 246 g/mol. The summed E-state index contributed by atoms with van der Waals surface area (Å²) in [5.41, 5.74) is 0. The number of rotatable bonds is 5. The minimum Gasteiger partial charge on any atom is -0.481 e. The van der Waals surface area contributed by atoms with E-state index >= 15 is 0 Å². The summed E-state index contributed by atoms with van der Waals surface area (Å²) in [6, 6.07) is 1.79. The van der Waals surface area contributed by atoms with Gasteiger partial charge in [-0.25, -0.2) is 4.79 Å². The summed E-state index contributed by atoms with van der Waals surface area (Å²) in [5.74, 6) is -1.31. The molecule has 2 saturated carbocycles. The van der Waals surface area contributed by atoms with E-state index in [1.54, 1.807) is 4.90 Å². The topological polar surface area (TPSA) is 93.4 Å². The summed E-state index contributed by atoms with van der Waals surface area (Å²) in [7, 11) is 0. The lowest BCUT2D eigenvalue weighted by molar-refractivity contribution is -0.142. The average molecular weight is 265 g/mol. The van der Waals surface area contributed by atoms with Crippen molar-refractivity contribution in [2.75, 3.05) is 6.54 Å². The van der Waals surface area contributed by atoms with E-state index in [-0.39, 0.29) is 18.1 Å². The van der Waals surface area contributed by atoms with Crippen molar-refractivity contribution in [2.24, 2.45) is 5.92 Å². The number of amides is 2. The summed E-state index contributed by atoms with van der Waals surface area (Å²) in [6.07, 6.45) is 4.46. The number of nitriles is 1. The smallest absolute Gasteiger partial charge is 0.317 e. The Morgan fingerprint density at radius 1 is 1.32 bits per heavy atom. The van der Waals surface area contributed by atoms with Crippen molar-refractivity contribution in [1.29, 1.82) is 5.26 Å². The molecule has 0 radical (unpaired) electrons. The van der Waals surface area contributed by atoms with Crippen molar-refractivity contribution in [3.05, 3.63) is 0 Å². The van der Waals surface area contributed by atoms with E-state index in [1.165, 1.54) is 0 Å². The second-order valence-corrected chi connectivity index (χ2v) is 5.26. The maximum atomic E-state index is 12.2. The van der Waals surface area contributed by atoms with Crippen molar-refractivity contribution in [2.45, 2.75) is 50.6 Å². The van der Waals surface area contributed by atoms with Crippen LogP contribution in [0.2, 0.25) is 0 Å². The minimum absolute atomic E-state index is 0.212. The molecule has 6 heteroatoms. The van der Waals surface area contributed by atoms with Crippen molar-refractivity contribution >= 4 is 12.0 Å². The van der Waals surface area contributed by atoms with E-state index in [4.69, 9.17) is 10.4 Å². The molecule has 2 atom stereocenters. The highest BCUT2D eigenvalue weighted by Gasteiger charge is 2.37. The van der Waals surface area contributed by atoms with Crippen molar-refractivity contribution in [3.63, 3.8) is 0 Å². The first-order chi connectivity index (χ1) is 9.13. The molecule has 0 aromatic rings. The van der Waals surface area contributed by atoms with Gasteiger partial charge in [0.15, 0.2) is 0 Å². The number of carboxylic acids is 1. The quantitative estimate of drug-likeness (QED) is 0.784. The van der Waals surface area contributed by atoms with Crippen LogP contribution in [0.4, 0.5) is 4.79 Å². The number of carboxylic acid groups (broad SMARTS) is 1. The molecule has 0 saturated heterocycles. The molecule has 19 heavy (non-hydrogen) atoms. The fourth-order valence-corrected chi connectivity index (χ4v) is 2.68. The van der Waals surface area contributed by atoms with Gasteiger partial charge < -0.3 is 15.3 Å². The van der Waals surface area contributed by atoms with Gasteiger partial charge in [-0.3, -0.25) is 4.79 Å². The number of aliphatic carboxylic acids is 1.